The first-order chi connectivity index (χ1) is 9.62. The minimum absolute atomic E-state index is 0.482. The van der Waals surface area contributed by atoms with E-state index in [9.17, 15) is 0 Å². The van der Waals surface area contributed by atoms with E-state index in [2.05, 4.69) is 20.1 Å². The first kappa shape index (κ1) is 12.1. The molecule has 1 heteroatoms. The van der Waals surface area contributed by atoms with Crippen molar-refractivity contribution in [3.8, 4) is 0 Å². The highest BCUT2D eigenvalue weighted by molar-refractivity contribution is 5.23. The third-order valence-corrected chi connectivity index (χ3v) is 8.24. The lowest BCUT2D eigenvalue weighted by atomic mass is 9.48. The van der Waals surface area contributed by atoms with Crippen LogP contribution in [0.25, 0.3) is 0 Å². The van der Waals surface area contributed by atoms with Crippen molar-refractivity contribution in [1.29, 1.82) is 0 Å². The molecular formula is C19H28O. The normalized spacial score (nSPS) is 59.5. The largest absolute Gasteiger partial charge is 0.501 e. The molecule has 0 spiro atoms. The van der Waals surface area contributed by atoms with Gasteiger partial charge in [-0.2, -0.15) is 0 Å². The molecule has 4 fully saturated rings. The maximum Gasteiger partial charge on any atom is 0.0881 e. The number of ether oxygens (including phenoxy) is 1. The van der Waals surface area contributed by atoms with E-state index in [1.807, 2.05) is 0 Å². The Morgan fingerprint density at radius 2 is 2.05 bits per heavy atom. The number of hydrogen-bond donors (Lipinski definition) is 0. The van der Waals surface area contributed by atoms with E-state index in [1.54, 1.807) is 18.4 Å². The van der Waals surface area contributed by atoms with Crippen LogP contribution in [0.1, 0.15) is 58.8 Å². The monoisotopic (exact) mass is 272 g/mol. The highest BCUT2D eigenvalue weighted by Crippen LogP contribution is 2.73. The van der Waals surface area contributed by atoms with E-state index >= 15 is 0 Å². The molecule has 0 N–H and O–H groups in total. The zero-order valence-electron chi connectivity index (χ0n) is 13.0. The van der Waals surface area contributed by atoms with Crippen LogP contribution in [0.3, 0.4) is 0 Å². The van der Waals surface area contributed by atoms with Crippen molar-refractivity contribution >= 4 is 0 Å². The summed E-state index contributed by atoms with van der Waals surface area (Å²) in [5, 5.41) is 0. The molecule has 1 heterocycles. The minimum atomic E-state index is 0.482. The van der Waals surface area contributed by atoms with Gasteiger partial charge < -0.3 is 4.74 Å². The Hall–Kier alpha value is -0.460. The Kier molecular flexibility index (Phi) is 2.21. The second-order valence-corrected chi connectivity index (χ2v) is 9.07. The van der Waals surface area contributed by atoms with Gasteiger partial charge >= 0.3 is 0 Å². The van der Waals surface area contributed by atoms with Gasteiger partial charge in [0, 0.05) is 0 Å². The standard InChI is InChI=1S/C19H28O/c1-18-6-5-16-14(17(18)15-9-12(15)10-18)4-3-13-11-20-8-7-19(13,16)2/h11-12,14-17H,3-10H2,1-2H3. The average molecular weight is 272 g/mol. The molecule has 4 aliphatic carbocycles. The first-order valence-electron chi connectivity index (χ1n) is 8.93. The predicted molar refractivity (Wildman–Crippen MR) is 80.0 cm³/mol. The molecule has 0 aromatic heterocycles. The van der Waals surface area contributed by atoms with Gasteiger partial charge in [-0.15, -0.1) is 0 Å². The van der Waals surface area contributed by atoms with Gasteiger partial charge in [-0.25, -0.2) is 0 Å². The second kappa shape index (κ2) is 3.65. The molecule has 7 unspecified atom stereocenters. The fourth-order valence-electron chi connectivity index (χ4n) is 7.24. The van der Waals surface area contributed by atoms with Crippen molar-refractivity contribution in [3.05, 3.63) is 11.8 Å². The van der Waals surface area contributed by atoms with Crippen molar-refractivity contribution in [2.24, 2.45) is 40.4 Å². The van der Waals surface area contributed by atoms with Crippen LogP contribution < -0.4 is 0 Å². The predicted octanol–water partition coefficient (Wildman–Crippen LogP) is 4.78. The van der Waals surface area contributed by atoms with E-state index in [1.165, 1.54) is 32.1 Å². The molecule has 5 rings (SSSR count). The van der Waals surface area contributed by atoms with Gasteiger partial charge in [0.25, 0.3) is 0 Å². The third kappa shape index (κ3) is 1.35. The Morgan fingerprint density at radius 3 is 2.95 bits per heavy atom. The van der Waals surface area contributed by atoms with E-state index in [4.69, 9.17) is 4.74 Å². The van der Waals surface area contributed by atoms with E-state index in [0.717, 1.165) is 41.6 Å². The lowest BCUT2D eigenvalue weighted by Gasteiger charge is -2.57. The summed E-state index contributed by atoms with van der Waals surface area (Å²) in [5.74, 6) is 5.33. The molecule has 0 amide bonds. The van der Waals surface area contributed by atoms with E-state index < -0.39 is 0 Å². The summed E-state index contributed by atoms with van der Waals surface area (Å²) in [6, 6.07) is 0. The molecule has 1 nitrogen and oxygen atoms in total. The van der Waals surface area contributed by atoms with Crippen LogP contribution in [0.4, 0.5) is 0 Å². The number of allylic oxidation sites excluding steroid dienone is 1. The Balaban J connectivity index is 1.53. The average Bonchev–Trinajstić information content (AvgIpc) is 3.09. The zero-order chi connectivity index (χ0) is 13.5. The molecule has 0 aromatic carbocycles. The molecular weight excluding hydrogens is 244 g/mol. The maximum atomic E-state index is 5.66. The molecule has 20 heavy (non-hydrogen) atoms. The van der Waals surface area contributed by atoms with Crippen LogP contribution in [0.2, 0.25) is 0 Å². The van der Waals surface area contributed by atoms with Gasteiger partial charge in [0.1, 0.15) is 0 Å². The SMILES string of the molecule is CC12CCC3C(CCC4=COCCC43C)C1C1CC1C2. The zero-order valence-corrected chi connectivity index (χ0v) is 13.0. The molecule has 0 saturated heterocycles. The summed E-state index contributed by atoms with van der Waals surface area (Å²) in [6.07, 6.45) is 12.3. The summed E-state index contributed by atoms with van der Waals surface area (Å²) in [4.78, 5) is 0. The number of fused-ring (bicyclic) bond motifs is 7. The fraction of sp³-hybridized carbons (Fsp3) is 0.895. The number of hydrogen-bond acceptors (Lipinski definition) is 1. The smallest absolute Gasteiger partial charge is 0.0881 e. The molecule has 110 valence electrons. The Bertz CT molecular complexity index is 480. The van der Waals surface area contributed by atoms with Crippen LogP contribution in [0.15, 0.2) is 11.8 Å². The summed E-state index contributed by atoms with van der Waals surface area (Å²) in [5.41, 5.74) is 2.85. The molecule has 0 aromatic rings. The van der Waals surface area contributed by atoms with Gasteiger partial charge in [-0.3, -0.25) is 0 Å². The quantitative estimate of drug-likeness (QED) is 0.616. The lowest BCUT2D eigenvalue weighted by Crippen LogP contribution is -2.50. The number of rotatable bonds is 0. The Morgan fingerprint density at radius 1 is 1.15 bits per heavy atom. The minimum Gasteiger partial charge on any atom is -0.501 e. The highest BCUT2D eigenvalue weighted by atomic mass is 16.5. The molecule has 7 atom stereocenters. The topological polar surface area (TPSA) is 9.23 Å². The van der Waals surface area contributed by atoms with Gasteiger partial charge in [-0.1, -0.05) is 13.8 Å². The summed E-state index contributed by atoms with van der Waals surface area (Å²) in [7, 11) is 0. The molecule has 0 radical (unpaired) electrons. The van der Waals surface area contributed by atoms with Gasteiger partial charge in [0.05, 0.1) is 12.9 Å². The van der Waals surface area contributed by atoms with Crippen LogP contribution in [0, 0.1) is 40.4 Å². The lowest BCUT2D eigenvalue weighted by molar-refractivity contribution is -0.0584. The van der Waals surface area contributed by atoms with Crippen molar-refractivity contribution in [3.63, 3.8) is 0 Å². The third-order valence-electron chi connectivity index (χ3n) is 8.24. The maximum absolute atomic E-state index is 5.66. The first-order valence-corrected chi connectivity index (χ1v) is 8.93. The summed E-state index contributed by atoms with van der Waals surface area (Å²) in [6.45, 7) is 6.16. The van der Waals surface area contributed by atoms with Gasteiger partial charge in [-0.05, 0) is 90.9 Å². The van der Waals surface area contributed by atoms with E-state index in [0.29, 0.717) is 5.41 Å². The van der Waals surface area contributed by atoms with Crippen molar-refractivity contribution < 1.29 is 4.74 Å². The molecule has 0 bridgehead atoms. The van der Waals surface area contributed by atoms with Crippen LogP contribution in [-0.2, 0) is 4.74 Å². The van der Waals surface area contributed by atoms with Crippen molar-refractivity contribution in [1.82, 2.24) is 0 Å². The van der Waals surface area contributed by atoms with Crippen LogP contribution >= 0.6 is 0 Å². The fourth-order valence-corrected chi connectivity index (χ4v) is 7.24. The van der Waals surface area contributed by atoms with Crippen LogP contribution in [-0.4, -0.2) is 6.61 Å². The summed E-state index contributed by atoms with van der Waals surface area (Å²) < 4.78 is 5.66. The highest BCUT2D eigenvalue weighted by Gasteiger charge is 2.65. The Labute approximate surface area is 123 Å². The second-order valence-electron chi connectivity index (χ2n) is 9.07. The van der Waals surface area contributed by atoms with Gasteiger partial charge in [0.2, 0.25) is 0 Å². The van der Waals surface area contributed by atoms with E-state index in [-0.39, 0.29) is 0 Å². The molecule has 5 aliphatic rings. The van der Waals surface area contributed by atoms with Crippen LogP contribution in [0.5, 0.6) is 0 Å². The van der Waals surface area contributed by atoms with Crippen molar-refractivity contribution in [2.75, 3.05) is 6.61 Å². The molecule has 4 saturated carbocycles. The summed E-state index contributed by atoms with van der Waals surface area (Å²) >= 11 is 0. The van der Waals surface area contributed by atoms with Gasteiger partial charge in [0.15, 0.2) is 0 Å². The van der Waals surface area contributed by atoms with Crippen molar-refractivity contribution in [2.45, 2.75) is 58.8 Å². The molecule has 1 aliphatic heterocycles.